The molecule has 29 heavy (non-hydrogen) atoms. The molecule has 1 spiro atoms. The van der Waals surface area contributed by atoms with Crippen molar-refractivity contribution >= 4 is 17.7 Å². The monoisotopic (exact) mass is 394 g/mol. The Balaban J connectivity index is 1.45. The van der Waals surface area contributed by atoms with Crippen molar-refractivity contribution in [3.05, 3.63) is 47.5 Å². The van der Waals surface area contributed by atoms with Crippen LogP contribution in [-0.4, -0.2) is 56.5 Å². The molecule has 8 nitrogen and oxygen atoms in total. The maximum atomic E-state index is 13.8. The second-order valence-electron chi connectivity index (χ2n) is 7.71. The van der Waals surface area contributed by atoms with Crippen LogP contribution in [-0.2, 0) is 14.9 Å². The van der Waals surface area contributed by atoms with Crippen molar-refractivity contribution in [1.82, 2.24) is 4.90 Å². The molecule has 1 saturated heterocycles. The van der Waals surface area contributed by atoms with Gasteiger partial charge in [0.05, 0.1) is 13.1 Å². The number of amides is 2. The molecule has 2 amide bonds. The third-order valence-corrected chi connectivity index (χ3v) is 6.09. The van der Waals surface area contributed by atoms with Crippen LogP contribution in [0.15, 0.2) is 36.4 Å². The highest BCUT2D eigenvalue weighted by molar-refractivity contribution is 6.11. The number of carbonyl (C=O) groups excluding carboxylic acids is 2. The van der Waals surface area contributed by atoms with Gasteiger partial charge in [-0.15, -0.1) is 0 Å². The van der Waals surface area contributed by atoms with Crippen LogP contribution in [0, 0.1) is 0 Å². The van der Waals surface area contributed by atoms with Crippen LogP contribution >= 0.6 is 0 Å². The van der Waals surface area contributed by atoms with Crippen molar-refractivity contribution in [3.8, 4) is 17.2 Å². The molecule has 0 aromatic heterocycles. The molecule has 4 aliphatic rings. The lowest BCUT2D eigenvalue weighted by Gasteiger charge is -2.24. The molecular formula is C21H18N2O6. The molecule has 0 bridgehead atoms. The fourth-order valence-electron chi connectivity index (χ4n) is 4.69. The quantitative estimate of drug-likeness (QED) is 0.774. The van der Waals surface area contributed by atoms with E-state index in [1.807, 2.05) is 30.3 Å². The maximum Gasteiger partial charge on any atom is 0.410 e. The minimum atomic E-state index is -0.943. The average molecular weight is 394 g/mol. The Morgan fingerprint density at radius 1 is 1.03 bits per heavy atom. The number of fused-ring (bicyclic) bond motifs is 5. The number of para-hydroxylation sites is 1. The summed E-state index contributed by atoms with van der Waals surface area (Å²) in [6.45, 7) is 1.11. The predicted octanol–water partition coefficient (Wildman–Crippen LogP) is 1.89. The summed E-state index contributed by atoms with van der Waals surface area (Å²) in [5.74, 6) is 1.79. The van der Waals surface area contributed by atoms with Gasteiger partial charge < -0.3 is 28.7 Å². The second kappa shape index (κ2) is 5.56. The Morgan fingerprint density at radius 2 is 1.83 bits per heavy atom. The second-order valence-corrected chi connectivity index (χ2v) is 7.71. The number of cyclic esters (lactones) is 1. The molecule has 2 aromatic carbocycles. The molecule has 2 aromatic rings. The summed E-state index contributed by atoms with van der Waals surface area (Å²) in [7, 11) is 1.69. The molecule has 2 atom stereocenters. The zero-order valence-corrected chi connectivity index (χ0v) is 15.7. The average Bonchev–Trinajstić information content (AvgIpc) is 3.45. The SMILES string of the molecule is CN1CC(CN2C(=O)C3(COc4cc5c(cc43)OCO5)c3ccccc32)OC1=O. The van der Waals surface area contributed by atoms with Gasteiger partial charge in [0, 0.05) is 24.4 Å². The molecule has 8 heteroatoms. The minimum Gasteiger partial charge on any atom is -0.491 e. The van der Waals surface area contributed by atoms with Crippen LogP contribution in [0.4, 0.5) is 10.5 Å². The van der Waals surface area contributed by atoms with Gasteiger partial charge in [0.2, 0.25) is 12.7 Å². The number of ether oxygens (including phenoxy) is 4. The Morgan fingerprint density at radius 3 is 2.62 bits per heavy atom. The van der Waals surface area contributed by atoms with E-state index in [2.05, 4.69) is 0 Å². The van der Waals surface area contributed by atoms with Crippen LogP contribution in [0.1, 0.15) is 11.1 Å². The van der Waals surface area contributed by atoms with Gasteiger partial charge in [-0.2, -0.15) is 0 Å². The first kappa shape index (κ1) is 16.5. The van der Waals surface area contributed by atoms with Gasteiger partial charge in [-0.1, -0.05) is 18.2 Å². The fourth-order valence-corrected chi connectivity index (χ4v) is 4.69. The largest absolute Gasteiger partial charge is 0.491 e. The molecule has 0 radical (unpaired) electrons. The van der Waals surface area contributed by atoms with Crippen molar-refractivity contribution in [2.24, 2.45) is 0 Å². The van der Waals surface area contributed by atoms with Gasteiger partial charge >= 0.3 is 6.09 Å². The Bertz CT molecular complexity index is 1070. The lowest BCUT2D eigenvalue weighted by Crippen LogP contribution is -2.45. The minimum absolute atomic E-state index is 0.0816. The van der Waals surface area contributed by atoms with E-state index in [4.69, 9.17) is 18.9 Å². The van der Waals surface area contributed by atoms with Gasteiger partial charge in [-0.3, -0.25) is 4.79 Å². The van der Waals surface area contributed by atoms with Gasteiger partial charge in [-0.05, 0) is 17.7 Å². The highest BCUT2D eigenvalue weighted by atomic mass is 16.7. The fraction of sp³-hybridized carbons (Fsp3) is 0.333. The Hall–Kier alpha value is -3.42. The molecule has 0 saturated carbocycles. The third kappa shape index (κ3) is 2.08. The van der Waals surface area contributed by atoms with E-state index in [0.717, 1.165) is 16.8 Å². The zero-order chi connectivity index (χ0) is 19.8. The molecule has 1 fully saturated rings. The van der Waals surface area contributed by atoms with Crippen LogP contribution in [0.3, 0.4) is 0 Å². The van der Waals surface area contributed by atoms with Crippen molar-refractivity contribution < 1.29 is 28.5 Å². The van der Waals surface area contributed by atoms with E-state index in [0.29, 0.717) is 30.3 Å². The number of likely N-dealkylation sites (N-methyl/N-ethyl adjacent to an activating group) is 1. The first-order valence-corrected chi connectivity index (χ1v) is 9.48. The van der Waals surface area contributed by atoms with Crippen molar-refractivity contribution in [1.29, 1.82) is 0 Å². The number of rotatable bonds is 2. The first-order valence-electron chi connectivity index (χ1n) is 9.48. The number of carbonyl (C=O) groups is 2. The normalized spacial score (nSPS) is 26.0. The van der Waals surface area contributed by atoms with Gasteiger partial charge in [0.25, 0.3) is 0 Å². The highest BCUT2D eigenvalue weighted by Crippen LogP contribution is 2.55. The number of benzene rings is 2. The van der Waals surface area contributed by atoms with E-state index in [9.17, 15) is 9.59 Å². The summed E-state index contributed by atoms with van der Waals surface area (Å²) in [4.78, 5) is 28.8. The van der Waals surface area contributed by atoms with Gasteiger partial charge in [0.15, 0.2) is 11.5 Å². The Kier molecular flexibility index (Phi) is 3.17. The molecule has 148 valence electrons. The van der Waals surface area contributed by atoms with E-state index in [1.165, 1.54) is 4.90 Å². The molecule has 0 aliphatic carbocycles. The molecular weight excluding hydrogens is 376 g/mol. The predicted molar refractivity (Wildman–Crippen MR) is 101 cm³/mol. The Labute approximate surface area is 166 Å². The maximum absolute atomic E-state index is 13.8. The van der Waals surface area contributed by atoms with Crippen molar-refractivity contribution in [2.45, 2.75) is 11.5 Å². The molecule has 4 aliphatic heterocycles. The van der Waals surface area contributed by atoms with Gasteiger partial charge in [-0.25, -0.2) is 4.79 Å². The van der Waals surface area contributed by atoms with Crippen molar-refractivity contribution in [3.63, 3.8) is 0 Å². The van der Waals surface area contributed by atoms with Crippen LogP contribution in [0.2, 0.25) is 0 Å². The van der Waals surface area contributed by atoms with E-state index >= 15 is 0 Å². The topological polar surface area (TPSA) is 77.5 Å². The summed E-state index contributed by atoms with van der Waals surface area (Å²) in [6, 6.07) is 11.4. The summed E-state index contributed by atoms with van der Waals surface area (Å²) in [6.07, 6.45) is -0.745. The highest BCUT2D eigenvalue weighted by Gasteiger charge is 2.57. The molecule has 2 unspecified atom stereocenters. The number of nitrogens with zero attached hydrogens (tertiary/aromatic N) is 2. The van der Waals surface area contributed by atoms with Crippen molar-refractivity contribution in [2.75, 3.05) is 38.4 Å². The number of hydrogen-bond donors (Lipinski definition) is 0. The summed E-state index contributed by atoms with van der Waals surface area (Å²) < 4.78 is 22.4. The smallest absolute Gasteiger partial charge is 0.410 e. The number of anilines is 1. The first-order chi connectivity index (χ1) is 14.1. The zero-order valence-electron chi connectivity index (χ0n) is 15.7. The summed E-state index contributed by atoms with van der Waals surface area (Å²) in [5, 5.41) is 0. The summed E-state index contributed by atoms with van der Waals surface area (Å²) >= 11 is 0. The van der Waals surface area contributed by atoms with E-state index in [1.54, 1.807) is 18.0 Å². The van der Waals surface area contributed by atoms with Crippen LogP contribution < -0.4 is 19.1 Å². The standard InChI is InChI=1S/C21H18N2O6/c1-22-8-12(29-20(22)25)9-23-15-5-3-2-4-13(15)21(19(23)24)10-26-16-7-18-17(6-14(16)21)27-11-28-18/h2-7,12H,8-11H2,1H3. The summed E-state index contributed by atoms with van der Waals surface area (Å²) in [5.41, 5.74) is 1.54. The van der Waals surface area contributed by atoms with Crippen LogP contribution in [0.25, 0.3) is 0 Å². The lowest BCUT2D eigenvalue weighted by atomic mass is 9.77. The van der Waals surface area contributed by atoms with E-state index < -0.39 is 5.41 Å². The number of hydrogen-bond acceptors (Lipinski definition) is 6. The van der Waals surface area contributed by atoms with Crippen LogP contribution in [0.5, 0.6) is 17.2 Å². The molecule has 4 heterocycles. The van der Waals surface area contributed by atoms with Gasteiger partial charge in [0.1, 0.15) is 23.9 Å². The lowest BCUT2D eigenvalue weighted by molar-refractivity contribution is -0.122. The van der Waals surface area contributed by atoms with E-state index in [-0.39, 0.29) is 31.5 Å². The molecule has 0 N–H and O–H groups in total. The third-order valence-electron chi connectivity index (χ3n) is 6.09. The molecule has 6 rings (SSSR count).